The van der Waals surface area contributed by atoms with E-state index < -0.39 is 0 Å². The number of Topliss-reactive ketones (excluding diaryl/α,β-unsaturated/α-hetero) is 1. The molecule has 1 fully saturated rings. The largest absolute Gasteiger partial charge is 0.505 e. The standard InChI is InChI=1S/C10H7BrClNO3/c11-7-1-5(12)2-8(10(7)16)13-4-6(14)3-9(13)15/h1-2,16H,3-4H2. The number of nitrogens with zero attached hydrogens (tertiary/aromatic N) is 1. The molecule has 1 saturated heterocycles. The molecule has 1 aliphatic heterocycles. The average Bonchev–Trinajstić information content (AvgIpc) is 2.51. The first kappa shape index (κ1) is 11.4. The van der Waals surface area contributed by atoms with Gasteiger partial charge in [0, 0.05) is 5.02 Å². The number of carbonyl (C=O) groups excluding carboxylic acids is 2. The highest BCUT2D eigenvalue weighted by atomic mass is 79.9. The van der Waals surface area contributed by atoms with Crippen LogP contribution in [0.3, 0.4) is 0 Å². The quantitative estimate of drug-likeness (QED) is 0.809. The smallest absolute Gasteiger partial charge is 0.235 e. The van der Waals surface area contributed by atoms with E-state index in [0.29, 0.717) is 9.50 Å². The second-order valence-corrected chi connectivity index (χ2v) is 4.74. The Bertz CT molecular complexity index is 489. The Morgan fingerprint density at radius 1 is 1.38 bits per heavy atom. The lowest BCUT2D eigenvalue weighted by Gasteiger charge is -2.17. The number of carbonyl (C=O) groups is 2. The molecule has 84 valence electrons. The Balaban J connectivity index is 2.48. The molecule has 0 radical (unpaired) electrons. The third-order valence-electron chi connectivity index (χ3n) is 2.28. The summed E-state index contributed by atoms with van der Waals surface area (Å²) >= 11 is 8.94. The summed E-state index contributed by atoms with van der Waals surface area (Å²) in [4.78, 5) is 23.9. The van der Waals surface area contributed by atoms with Crippen LogP contribution in [-0.4, -0.2) is 23.3 Å². The number of amides is 1. The van der Waals surface area contributed by atoms with Crippen LogP contribution < -0.4 is 4.90 Å². The maximum atomic E-state index is 11.5. The van der Waals surface area contributed by atoms with E-state index in [9.17, 15) is 14.7 Å². The maximum Gasteiger partial charge on any atom is 0.235 e. The maximum absolute atomic E-state index is 11.5. The lowest BCUT2D eigenvalue weighted by atomic mass is 10.2. The molecular weight excluding hydrogens is 297 g/mol. The normalized spacial score (nSPS) is 16.0. The second-order valence-electron chi connectivity index (χ2n) is 3.45. The molecule has 1 aromatic carbocycles. The van der Waals surface area contributed by atoms with Gasteiger partial charge in [-0.1, -0.05) is 11.6 Å². The molecule has 1 aliphatic rings. The fourth-order valence-electron chi connectivity index (χ4n) is 1.56. The van der Waals surface area contributed by atoms with Gasteiger partial charge in [-0.15, -0.1) is 0 Å². The van der Waals surface area contributed by atoms with Gasteiger partial charge >= 0.3 is 0 Å². The zero-order valence-electron chi connectivity index (χ0n) is 8.04. The van der Waals surface area contributed by atoms with Crippen molar-refractivity contribution in [2.45, 2.75) is 6.42 Å². The minimum Gasteiger partial charge on any atom is -0.505 e. The summed E-state index contributed by atoms with van der Waals surface area (Å²) < 4.78 is 0.391. The first-order valence-electron chi connectivity index (χ1n) is 4.49. The Hall–Kier alpha value is -1.07. The summed E-state index contributed by atoms with van der Waals surface area (Å²) in [6.07, 6.45) is -0.121. The van der Waals surface area contributed by atoms with E-state index >= 15 is 0 Å². The molecule has 0 aliphatic carbocycles. The fourth-order valence-corrected chi connectivity index (χ4v) is 2.36. The minimum atomic E-state index is -0.325. The van der Waals surface area contributed by atoms with Crippen LogP contribution in [0.4, 0.5) is 5.69 Å². The summed E-state index contributed by atoms with van der Waals surface area (Å²) in [6, 6.07) is 2.97. The fraction of sp³-hybridized carbons (Fsp3) is 0.200. The summed E-state index contributed by atoms with van der Waals surface area (Å²) in [5.74, 6) is -0.581. The molecule has 1 N–H and O–H groups in total. The van der Waals surface area contributed by atoms with Gasteiger partial charge in [0.25, 0.3) is 0 Å². The summed E-state index contributed by atoms with van der Waals surface area (Å²) in [5, 5.41) is 10.2. The predicted octanol–water partition coefficient (Wildman–Crippen LogP) is 2.11. The number of phenolic OH excluding ortho intramolecular Hbond substituents is 1. The Morgan fingerprint density at radius 3 is 2.62 bits per heavy atom. The number of benzene rings is 1. The van der Waals surface area contributed by atoms with Crippen LogP contribution in [0.1, 0.15) is 6.42 Å². The van der Waals surface area contributed by atoms with Gasteiger partial charge in [0.15, 0.2) is 11.5 Å². The number of phenols is 1. The van der Waals surface area contributed by atoms with Gasteiger partial charge in [-0.25, -0.2) is 0 Å². The van der Waals surface area contributed by atoms with E-state index in [0.717, 1.165) is 0 Å². The van der Waals surface area contributed by atoms with Crippen molar-refractivity contribution in [1.82, 2.24) is 0 Å². The Labute approximate surface area is 105 Å². The molecule has 1 aromatic rings. The second kappa shape index (κ2) is 4.07. The molecule has 0 bridgehead atoms. The van der Waals surface area contributed by atoms with Gasteiger partial charge in [-0.2, -0.15) is 0 Å². The van der Waals surface area contributed by atoms with E-state index in [1.807, 2.05) is 0 Å². The summed E-state index contributed by atoms with van der Waals surface area (Å²) in [7, 11) is 0. The van der Waals surface area contributed by atoms with Crippen LogP contribution in [0.2, 0.25) is 5.02 Å². The lowest BCUT2D eigenvalue weighted by molar-refractivity contribution is -0.121. The summed E-state index contributed by atoms with van der Waals surface area (Å²) in [5.41, 5.74) is 0.259. The van der Waals surface area contributed by atoms with Gasteiger partial charge in [-0.3, -0.25) is 9.59 Å². The van der Waals surface area contributed by atoms with Crippen LogP contribution >= 0.6 is 27.5 Å². The number of hydrogen-bond donors (Lipinski definition) is 1. The molecule has 0 unspecified atom stereocenters. The van der Waals surface area contributed by atoms with Crippen molar-refractivity contribution in [3.05, 3.63) is 21.6 Å². The van der Waals surface area contributed by atoms with Crippen LogP contribution in [-0.2, 0) is 9.59 Å². The molecule has 6 heteroatoms. The summed E-state index contributed by atoms with van der Waals surface area (Å²) in [6.45, 7) is -0.0147. The van der Waals surface area contributed by atoms with Crippen molar-refractivity contribution in [3.8, 4) is 5.75 Å². The SMILES string of the molecule is O=C1CC(=O)N(c2cc(Cl)cc(Br)c2O)C1. The molecule has 0 aromatic heterocycles. The van der Waals surface area contributed by atoms with Gasteiger partial charge in [0.1, 0.15) is 0 Å². The first-order valence-corrected chi connectivity index (χ1v) is 5.66. The van der Waals surface area contributed by atoms with Crippen LogP contribution in [0.15, 0.2) is 16.6 Å². The van der Waals surface area contributed by atoms with Crippen molar-refractivity contribution in [3.63, 3.8) is 0 Å². The third-order valence-corrected chi connectivity index (χ3v) is 3.11. The van der Waals surface area contributed by atoms with Gasteiger partial charge < -0.3 is 10.0 Å². The number of halogens is 2. The van der Waals surface area contributed by atoms with E-state index in [-0.39, 0.29) is 36.1 Å². The Morgan fingerprint density at radius 2 is 2.06 bits per heavy atom. The molecular formula is C10H7BrClNO3. The Kier molecular flexibility index (Phi) is 2.90. The van der Waals surface area contributed by atoms with E-state index in [4.69, 9.17) is 11.6 Å². The molecule has 0 spiro atoms. The number of ketones is 1. The lowest BCUT2D eigenvalue weighted by Crippen LogP contribution is -2.24. The van der Waals surface area contributed by atoms with Crippen molar-refractivity contribution in [2.24, 2.45) is 0 Å². The van der Waals surface area contributed by atoms with Crippen molar-refractivity contribution < 1.29 is 14.7 Å². The topological polar surface area (TPSA) is 57.6 Å². The first-order chi connectivity index (χ1) is 7.49. The van der Waals surface area contributed by atoms with E-state index in [1.165, 1.54) is 17.0 Å². The minimum absolute atomic E-state index is 0.0147. The highest BCUT2D eigenvalue weighted by Crippen LogP contribution is 2.38. The molecule has 1 heterocycles. The molecule has 1 amide bonds. The molecule has 0 atom stereocenters. The van der Waals surface area contributed by atoms with Crippen LogP contribution in [0, 0.1) is 0 Å². The average molecular weight is 305 g/mol. The van der Waals surface area contributed by atoms with Crippen LogP contribution in [0.5, 0.6) is 5.75 Å². The number of anilines is 1. The van der Waals surface area contributed by atoms with Crippen molar-refractivity contribution in [1.29, 1.82) is 0 Å². The molecule has 16 heavy (non-hydrogen) atoms. The highest BCUT2D eigenvalue weighted by molar-refractivity contribution is 9.10. The van der Waals surface area contributed by atoms with Gasteiger partial charge in [0.05, 0.1) is 23.1 Å². The van der Waals surface area contributed by atoms with Crippen LogP contribution in [0.25, 0.3) is 0 Å². The van der Waals surface area contributed by atoms with Crippen molar-refractivity contribution >= 4 is 44.9 Å². The van der Waals surface area contributed by atoms with Gasteiger partial charge in [0.2, 0.25) is 5.91 Å². The van der Waals surface area contributed by atoms with Crippen molar-refractivity contribution in [2.75, 3.05) is 11.4 Å². The molecule has 0 saturated carbocycles. The molecule has 4 nitrogen and oxygen atoms in total. The third kappa shape index (κ3) is 1.92. The number of hydrogen-bond acceptors (Lipinski definition) is 3. The van der Waals surface area contributed by atoms with Gasteiger partial charge in [-0.05, 0) is 28.1 Å². The zero-order chi connectivity index (χ0) is 11.9. The number of rotatable bonds is 1. The van der Waals surface area contributed by atoms with E-state index in [1.54, 1.807) is 0 Å². The zero-order valence-corrected chi connectivity index (χ0v) is 10.4. The highest BCUT2D eigenvalue weighted by Gasteiger charge is 2.30. The van der Waals surface area contributed by atoms with E-state index in [2.05, 4.69) is 15.9 Å². The monoisotopic (exact) mass is 303 g/mol. The molecule has 2 rings (SSSR count). The predicted molar refractivity (Wildman–Crippen MR) is 62.8 cm³/mol. The number of aromatic hydroxyl groups is 1.